The monoisotopic (exact) mass is 670 g/mol. The Bertz CT molecular complexity index is 1980. The maximum Gasteiger partial charge on any atom is 0.248 e. The van der Waals surface area contributed by atoms with Gasteiger partial charge in [-0.25, -0.2) is 15.0 Å². The van der Waals surface area contributed by atoms with E-state index in [9.17, 15) is 14.4 Å². The summed E-state index contributed by atoms with van der Waals surface area (Å²) < 4.78 is 2.03. The molecule has 1 saturated carbocycles. The van der Waals surface area contributed by atoms with Gasteiger partial charge >= 0.3 is 0 Å². The van der Waals surface area contributed by atoms with E-state index in [0.717, 1.165) is 6.42 Å². The molecule has 15 nitrogen and oxygen atoms in total. The molecule has 0 aromatic carbocycles. The molecule has 5 aromatic heterocycles. The third-order valence-electron chi connectivity index (χ3n) is 8.48. The molecular formula is C29H27BrN12O3. The van der Waals surface area contributed by atoms with Crippen molar-refractivity contribution in [3.05, 3.63) is 64.3 Å². The largest absolute Gasteiger partial charge is 0.325 e. The van der Waals surface area contributed by atoms with E-state index in [2.05, 4.69) is 73.8 Å². The highest BCUT2D eigenvalue weighted by Crippen LogP contribution is 2.59. The summed E-state index contributed by atoms with van der Waals surface area (Å²) in [6.45, 7) is 5.15. The Kier molecular flexibility index (Phi) is 6.95. The second-order valence-corrected chi connectivity index (χ2v) is 12.5. The van der Waals surface area contributed by atoms with Crippen LogP contribution in [0.3, 0.4) is 0 Å². The van der Waals surface area contributed by atoms with E-state index in [1.165, 1.54) is 11.6 Å². The first-order chi connectivity index (χ1) is 21.6. The van der Waals surface area contributed by atoms with Gasteiger partial charge in [-0.15, -0.1) is 10.2 Å². The minimum absolute atomic E-state index is 0.0737. The molecule has 0 unspecified atom stereocenters. The van der Waals surface area contributed by atoms with E-state index in [-0.39, 0.29) is 41.3 Å². The Morgan fingerprint density at radius 3 is 2.67 bits per heavy atom. The molecule has 2 aliphatic rings. The average molecular weight is 672 g/mol. The number of nitrogens with one attached hydrogen (secondary N) is 2. The molecular weight excluding hydrogens is 644 g/mol. The first kappa shape index (κ1) is 28.8. The third-order valence-corrected chi connectivity index (χ3v) is 8.92. The van der Waals surface area contributed by atoms with Crippen molar-refractivity contribution in [2.45, 2.75) is 58.7 Å². The first-order valence-corrected chi connectivity index (χ1v) is 15.1. The minimum Gasteiger partial charge on any atom is -0.325 e. The standard InChI is InChI=1S/C29H27BrN12O3/c1-14(43)26-18-7-19(17-10-31-15(2)32-11-17)33-12-21(18)41(38-26)13-25(44)42-20(8-29(3)9-22(29)42)28(45)35-27-16(4-5-23(30)34-27)6-24-36-39-40-37-24/h4-5,7,10-12,20,22H,6,8-9,13H2,1-3H3,(H,34,35,45)(H,36,37,39,40)/t20-,22+,29-/m0/s1. The molecule has 5 aromatic rings. The Balaban J connectivity index is 1.15. The Labute approximate surface area is 264 Å². The molecule has 3 atom stereocenters. The Hall–Kier alpha value is -4.99. The third kappa shape index (κ3) is 5.34. The lowest BCUT2D eigenvalue weighted by Crippen LogP contribution is -2.47. The van der Waals surface area contributed by atoms with Crippen LogP contribution in [0.25, 0.3) is 22.2 Å². The van der Waals surface area contributed by atoms with Crippen LogP contribution in [0.5, 0.6) is 0 Å². The van der Waals surface area contributed by atoms with Gasteiger partial charge in [-0.2, -0.15) is 10.3 Å². The highest BCUT2D eigenvalue weighted by Gasteiger charge is 2.64. The molecule has 0 bridgehead atoms. The van der Waals surface area contributed by atoms with Crippen LogP contribution in [-0.2, 0) is 22.6 Å². The average Bonchev–Trinajstić information content (AvgIpc) is 3.37. The number of piperidine rings is 1. The van der Waals surface area contributed by atoms with Gasteiger partial charge < -0.3 is 10.2 Å². The van der Waals surface area contributed by atoms with Crippen LogP contribution in [0.4, 0.5) is 5.82 Å². The van der Waals surface area contributed by atoms with Gasteiger partial charge in [0.15, 0.2) is 11.6 Å². The number of tetrazole rings is 1. The molecule has 228 valence electrons. The predicted molar refractivity (Wildman–Crippen MR) is 163 cm³/mol. The molecule has 7 rings (SSSR count). The molecule has 0 radical (unpaired) electrons. The fourth-order valence-electron chi connectivity index (χ4n) is 6.05. The fraction of sp³-hybridized carbons (Fsp3) is 0.345. The highest BCUT2D eigenvalue weighted by molar-refractivity contribution is 9.10. The van der Waals surface area contributed by atoms with Crippen LogP contribution >= 0.6 is 15.9 Å². The number of hydrogen-bond donors (Lipinski definition) is 2. The molecule has 1 aliphatic carbocycles. The van der Waals surface area contributed by atoms with Crippen LogP contribution < -0.4 is 5.32 Å². The molecule has 6 heterocycles. The lowest BCUT2D eigenvalue weighted by Gasteiger charge is -2.27. The summed E-state index contributed by atoms with van der Waals surface area (Å²) in [7, 11) is 0. The van der Waals surface area contributed by atoms with Gasteiger partial charge in [-0.05, 0) is 53.2 Å². The van der Waals surface area contributed by atoms with E-state index in [0.29, 0.717) is 62.6 Å². The number of amides is 2. The number of nitrogens with zero attached hydrogens (tertiary/aromatic N) is 10. The smallest absolute Gasteiger partial charge is 0.248 e. The molecule has 2 amide bonds. The van der Waals surface area contributed by atoms with Crippen molar-refractivity contribution >= 4 is 50.2 Å². The number of anilines is 1. The number of carbonyl (C=O) groups excluding carboxylic acids is 3. The summed E-state index contributed by atoms with van der Waals surface area (Å²) in [5.74, 6) is 0.584. The van der Waals surface area contributed by atoms with Crippen LogP contribution in [0, 0.1) is 12.3 Å². The summed E-state index contributed by atoms with van der Waals surface area (Å²) in [6, 6.07) is 4.56. The highest BCUT2D eigenvalue weighted by atomic mass is 79.9. The van der Waals surface area contributed by atoms with Gasteiger partial charge in [0.05, 0.1) is 17.4 Å². The topological polar surface area (TPSA) is 190 Å². The van der Waals surface area contributed by atoms with E-state index in [1.54, 1.807) is 42.5 Å². The van der Waals surface area contributed by atoms with Gasteiger partial charge in [-0.3, -0.25) is 24.0 Å². The molecule has 2 N–H and O–H groups in total. The van der Waals surface area contributed by atoms with E-state index >= 15 is 0 Å². The zero-order valence-electron chi connectivity index (χ0n) is 24.5. The van der Waals surface area contributed by atoms with Crippen molar-refractivity contribution in [2.75, 3.05) is 5.32 Å². The number of rotatable bonds is 8. The number of H-pyrrole nitrogens is 1. The van der Waals surface area contributed by atoms with Crippen molar-refractivity contribution < 1.29 is 14.4 Å². The number of fused-ring (bicyclic) bond motifs is 2. The fourth-order valence-corrected chi connectivity index (χ4v) is 6.36. The van der Waals surface area contributed by atoms with E-state index < -0.39 is 6.04 Å². The number of carbonyl (C=O) groups is 3. The summed E-state index contributed by atoms with van der Waals surface area (Å²) in [6.07, 6.45) is 6.56. The zero-order valence-corrected chi connectivity index (χ0v) is 26.1. The number of aryl methyl sites for hydroxylation is 1. The van der Waals surface area contributed by atoms with Gasteiger partial charge in [-0.1, -0.05) is 18.2 Å². The molecule has 16 heteroatoms. The van der Waals surface area contributed by atoms with Gasteiger partial charge in [0.1, 0.15) is 34.5 Å². The van der Waals surface area contributed by atoms with Crippen LogP contribution in [0.2, 0.25) is 0 Å². The Morgan fingerprint density at radius 1 is 1.13 bits per heavy atom. The van der Waals surface area contributed by atoms with Gasteiger partial charge in [0.2, 0.25) is 11.8 Å². The maximum absolute atomic E-state index is 14.0. The number of hydrogen-bond acceptors (Lipinski definition) is 11. The number of aromatic amines is 1. The predicted octanol–water partition coefficient (Wildman–Crippen LogP) is 2.68. The normalized spacial score (nSPS) is 20.3. The van der Waals surface area contributed by atoms with Crippen molar-refractivity contribution in [3.8, 4) is 11.3 Å². The first-order valence-electron chi connectivity index (χ1n) is 14.3. The number of likely N-dealkylation sites (tertiary alicyclic amines) is 1. The van der Waals surface area contributed by atoms with Crippen molar-refractivity contribution in [1.29, 1.82) is 0 Å². The van der Waals surface area contributed by atoms with Crippen LogP contribution in [0.15, 0.2) is 41.4 Å². The van der Waals surface area contributed by atoms with Gasteiger partial charge in [0.25, 0.3) is 0 Å². The number of Topliss-reactive ketones (excluding diaryl/α,β-unsaturated/α-hetero) is 1. The quantitative estimate of drug-likeness (QED) is 0.182. The summed E-state index contributed by atoms with van der Waals surface area (Å²) in [4.78, 5) is 59.4. The van der Waals surface area contributed by atoms with Crippen molar-refractivity contribution in [2.24, 2.45) is 5.41 Å². The SMILES string of the molecule is CC(=O)c1nn(CC(=O)N2[C@H](C(=O)Nc3nc(Br)ccc3Cc3nn[nH]n3)C[C@@]3(C)C[C@@H]23)c2cnc(-c3cnc(C)nc3)cc12. The van der Waals surface area contributed by atoms with Crippen molar-refractivity contribution in [3.63, 3.8) is 0 Å². The lowest BCUT2D eigenvalue weighted by molar-refractivity contribution is -0.138. The molecule has 45 heavy (non-hydrogen) atoms. The molecule has 2 fully saturated rings. The minimum atomic E-state index is -0.708. The van der Waals surface area contributed by atoms with E-state index in [4.69, 9.17) is 0 Å². The number of pyridine rings is 2. The molecule has 0 spiro atoms. The summed E-state index contributed by atoms with van der Waals surface area (Å²) in [5.41, 5.74) is 2.59. The molecule has 1 saturated heterocycles. The number of halogens is 1. The second-order valence-electron chi connectivity index (χ2n) is 11.7. The van der Waals surface area contributed by atoms with Gasteiger partial charge in [0, 0.05) is 48.3 Å². The van der Waals surface area contributed by atoms with Crippen LogP contribution in [0.1, 0.15) is 54.4 Å². The summed E-state index contributed by atoms with van der Waals surface area (Å²) >= 11 is 3.38. The number of aromatic nitrogens is 10. The molecule has 1 aliphatic heterocycles. The van der Waals surface area contributed by atoms with Crippen molar-refractivity contribution in [1.82, 2.24) is 55.2 Å². The van der Waals surface area contributed by atoms with Crippen LogP contribution in [-0.4, -0.2) is 84.9 Å². The zero-order chi connectivity index (χ0) is 31.5. The second kappa shape index (κ2) is 10.9. The summed E-state index contributed by atoms with van der Waals surface area (Å²) in [5, 5.41) is 22.0. The van der Waals surface area contributed by atoms with E-state index in [1.807, 2.05) is 6.07 Å². The number of ketones is 1. The Morgan fingerprint density at radius 2 is 1.93 bits per heavy atom. The lowest BCUT2D eigenvalue weighted by atomic mass is 10.0. The maximum atomic E-state index is 14.0.